The predicted molar refractivity (Wildman–Crippen MR) is 85.7 cm³/mol. The molecule has 0 aliphatic carbocycles. The van der Waals surface area contributed by atoms with Crippen LogP contribution in [0.25, 0.3) is 16.2 Å². The van der Waals surface area contributed by atoms with E-state index in [-0.39, 0.29) is 0 Å². The molecule has 112 valence electrons. The van der Waals surface area contributed by atoms with Crippen LogP contribution in [0.1, 0.15) is 10.6 Å². The third kappa shape index (κ3) is 2.30. The number of thiazole rings is 1. The Bertz CT molecular complexity index is 874. The van der Waals surface area contributed by atoms with E-state index in [1.54, 1.807) is 25.6 Å². The second-order valence-electron chi connectivity index (χ2n) is 4.81. The minimum Gasteiger partial charge on any atom is -0.493 e. The molecule has 6 heteroatoms. The van der Waals surface area contributed by atoms with Crippen molar-refractivity contribution in [3.8, 4) is 28.8 Å². The highest BCUT2D eigenvalue weighted by atomic mass is 32.1. The summed E-state index contributed by atoms with van der Waals surface area (Å²) in [7, 11) is 3.21. The van der Waals surface area contributed by atoms with Gasteiger partial charge in [0.15, 0.2) is 16.5 Å². The Balaban J connectivity index is 2.19. The molecule has 0 atom stereocenters. The van der Waals surface area contributed by atoms with Gasteiger partial charge in [-0.05, 0) is 25.1 Å². The van der Waals surface area contributed by atoms with E-state index in [0.29, 0.717) is 17.9 Å². The van der Waals surface area contributed by atoms with Crippen molar-refractivity contribution in [1.29, 1.82) is 5.26 Å². The molecule has 0 radical (unpaired) electrons. The van der Waals surface area contributed by atoms with Gasteiger partial charge in [0.1, 0.15) is 0 Å². The summed E-state index contributed by atoms with van der Waals surface area (Å²) >= 11 is 1.61. The van der Waals surface area contributed by atoms with Crippen LogP contribution in [0.2, 0.25) is 0 Å². The van der Waals surface area contributed by atoms with Crippen LogP contribution < -0.4 is 9.47 Å². The molecule has 3 rings (SSSR count). The fraction of sp³-hybridized carbons (Fsp3) is 0.250. The standard InChI is InChI=1S/C16H15N3O2S/c1-10-9-19-12(6-7-17)15(18-16(19)22-10)11-4-5-13(20-2)14(8-11)21-3/h4-5,8-9H,6H2,1-3H3. The summed E-state index contributed by atoms with van der Waals surface area (Å²) in [5, 5.41) is 9.13. The molecule has 0 amide bonds. The van der Waals surface area contributed by atoms with Gasteiger partial charge in [-0.3, -0.25) is 4.40 Å². The van der Waals surface area contributed by atoms with Crippen LogP contribution in [0.4, 0.5) is 0 Å². The summed E-state index contributed by atoms with van der Waals surface area (Å²) in [5.41, 5.74) is 2.62. The lowest BCUT2D eigenvalue weighted by Gasteiger charge is -2.09. The van der Waals surface area contributed by atoms with Crippen LogP contribution >= 0.6 is 11.3 Å². The van der Waals surface area contributed by atoms with Crippen molar-refractivity contribution in [3.63, 3.8) is 0 Å². The molecule has 5 nitrogen and oxygen atoms in total. The van der Waals surface area contributed by atoms with Crippen LogP contribution in [0.15, 0.2) is 24.4 Å². The normalized spacial score (nSPS) is 10.6. The van der Waals surface area contributed by atoms with Gasteiger partial charge in [0, 0.05) is 16.6 Å². The highest BCUT2D eigenvalue weighted by Crippen LogP contribution is 2.34. The number of benzene rings is 1. The maximum Gasteiger partial charge on any atom is 0.194 e. The SMILES string of the molecule is COc1ccc(-c2nc3sc(C)cn3c2CC#N)cc1OC. The lowest BCUT2D eigenvalue weighted by atomic mass is 10.1. The summed E-state index contributed by atoms with van der Waals surface area (Å²) < 4.78 is 12.6. The summed E-state index contributed by atoms with van der Waals surface area (Å²) in [4.78, 5) is 6.75. The number of nitriles is 1. The molecule has 0 saturated heterocycles. The third-order valence-electron chi connectivity index (χ3n) is 3.44. The largest absolute Gasteiger partial charge is 0.493 e. The first kappa shape index (κ1) is 14.4. The lowest BCUT2D eigenvalue weighted by Crippen LogP contribution is -1.94. The van der Waals surface area contributed by atoms with Crippen molar-refractivity contribution < 1.29 is 9.47 Å². The molecule has 0 N–H and O–H groups in total. The van der Waals surface area contributed by atoms with E-state index in [4.69, 9.17) is 14.7 Å². The van der Waals surface area contributed by atoms with E-state index in [1.807, 2.05) is 35.7 Å². The first-order chi connectivity index (χ1) is 10.7. The molecule has 0 spiro atoms. The molecular formula is C16H15N3O2S. The van der Waals surface area contributed by atoms with E-state index < -0.39 is 0 Å². The lowest BCUT2D eigenvalue weighted by molar-refractivity contribution is 0.355. The number of aryl methyl sites for hydroxylation is 1. The van der Waals surface area contributed by atoms with E-state index in [0.717, 1.165) is 21.9 Å². The average molecular weight is 313 g/mol. The molecule has 22 heavy (non-hydrogen) atoms. The van der Waals surface area contributed by atoms with Crippen molar-refractivity contribution in [3.05, 3.63) is 35.0 Å². The van der Waals surface area contributed by atoms with Crippen molar-refractivity contribution in [2.45, 2.75) is 13.3 Å². The Morgan fingerprint density at radius 1 is 1.27 bits per heavy atom. The average Bonchev–Trinajstić information content (AvgIpc) is 3.04. The number of methoxy groups -OCH3 is 2. The molecule has 0 aliphatic rings. The molecule has 0 aliphatic heterocycles. The zero-order chi connectivity index (χ0) is 15.7. The Hall–Kier alpha value is -2.52. The zero-order valence-electron chi connectivity index (χ0n) is 12.6. The monoisotopic (exact) mass is 313 g/mol. The highest BCUT2D eigenvalue weighted by Gasteiger charge is 2.17. The molecule has 2 aromatic heterocycles. The van der Waals surface area contributed by atoms with Crippen LogP contribution in [-0.2, 0) is 6.42 Å². The van der Waals surface area contributed by atoms with Crippen molar-refractivity contribution in [2.24, 2.45) is 0 Å². The van der Waals surface area contributed by atoms with E-state index in [2.05, 4.69) is 11.1 Å². The van der Waals surface area contributed by atoms with E-state index >= 15 is 0 Å². The molecule has 0 fully saturated rings. The minimum absolute atomic E-state index is 0.307. The summed E-state index contributed by atoms with van der Waals surface area (Å²) in [6.07, 6.45) is 2.32. The summed E-state index contributed by atoms with van der Waals surface area (Å²) in [6.45, 7) is 2.03. The maximum atomic E-state index is 9.13. The van der Waals surface area contributed by atoms with Crippen molar-refractivity contribution >= 4 is 16.3 Å². The van der Waals surface area contributed by atoms with Gasteiger partial charge >= 0.3 is 0 Å². The second kappa shape index (κ2) is 5.70. The fourth-order valence-corrected chi connectivity index (χ4v) is 3.30. The number of hydrogen-bond donors (Lipinski definition) is 0. The number of fused-ring (bicyclic) bond motifs is 1. The quantitative estimate of drug-likeness (QED) is 0.740. The van der Waals surface area contributed by atoms with Gasteiger partial charge in [0.25, 0.3) is 0 Å². The number of hydrogen-bond acceptors (Lipinski definition) is 5. The Kier molecular flexibility index (Phi) is 3.73. The number of nitrogens with zero attached hydrogens (tertiary/aromatic N) is 3. The van der Waals surface area contributed by atoms with Crippen LogP contribution in [0.5, 0.6) is 11.5 Å². The summed E-state index contributed by atoms with van der Waals surface area (Å²) in [5.74, 6) is 1.32. The van der Waals surface area contributed by atoms with Gasteiger partial charge in [-0.15, -0.1) is 11.3 Å². The van der Waals surface area contributed by atoms with E-state index in [9.17, 15) is 0 Å². The number of imidazole rings is 1. The van der Waals surface area contributed by atoms with Gasteiger partial charge in [-0.1, -0.05) is 0 Å². The first-order valence-electron chi connectivity index (χ1n) is 6.74. The minimum atomic E-state index is 0.307. The van der Waals surface area contributed by atoms with Crippen LogP contribution in [0.3, 0.4) is 0 Å². The number of rotatable bonds is 4. The Morgan fingerprint density at radius 3 is 2.73 bits per heavy atom. The fourth-order valence-electron chi connectivity index (χ4n) is 2.46. The van der Waals surface area contributed by atoms with Gasteiger partial charge in [0.2, 0.25) is 0 Å². The molecule has 0 saturated carbocycles. The van der Waals surface area contributed by atoms with Crippen molar-refractivity contribution in [2.75, 3.05) is 14.2 Å². The molecule has 2 heterocycles. The molecule has 0 bridgehead atoms. The Morgan fingerprint density at radius 2 is 2.05 bits per heavy atom. The van der Waals surface area contributed by atoms with E-state index in [1.165, 1.54) is 4.88 Å². The van der Waals surface area contributed by atoms with Gasteiger partial charge in [-0.2, -0.15) is 5.26 Å². The Labute approximate surface area is 132 Å². The predicted octanol–water partition coefficient (Wildman–Crippen LogP) is 3.45. The molecule has 1 aromatic carbocycles. The van der Waals surface area contributed by atoms with Crippen LogP contribution in [0, 0.1) is 18.3 Å². The highest BCUT2D eigenvalue weighted by molar-refractivity contribution is 7.17. The van der Waals surface area contributed by atoms with Gasteiger partial charge in [0.05, 0.1) is 38.1 Å². The topological polar surface area (TPSA) is 59.5 Å². The third-order valence-corrected chi connectivity index (χ3v) is 4.34. The molecule has 0 unspecified atom stereocenters. The van der Waals surface area contributed by atoms with Gasteiger partial charge < -0.3 is 9.47 Å². The maximum absolute atomic E-state index is 9.13. The molecular weight excluding hydrogens is 298 g/mol. The molecule has 3 aromatic rings. The second-order valence-corrected chi connectivity index (χ2v) is 6.02. The number of ether oxygens (including phenoxy) is 2. The summed E-state index contributed by atoms with van der Waals surface area (Å²) in [6, 6.07) is 7.89. The van der Waals surface area contributed by atoms with Gasteiger partial charge in [-0.25, -0.2) is 4.98 Å². The van der Waals surface area contributed by atoms with Crippen LogP contribution in [-0.4, -0.2) is 23.6 Å². The smallest absolute Gasteiger partial charge is 0.194 e. The first-order valence-corrected chi connectivity index (χ1v) is 7.56. The zero-order valence-corrected chi connectivity index (χ0v) is 13.4. The number of aromatic nitrogens is 2. The van der Waals surface area contributed by atoms with Crippen molar-refractivity contribution in [1.82, 2.24) is 9.38 Å².